The Kier molecular flexibility index (Phi) is 7.61. The van der Waals surface area contributed by atoms with Crippen LogP contribution in [0.5, 0.6) is 5.75 Å². The largest absolute Gasteiger partial charge is 0.493 e. The molecule has 0 aliphatic carbocycles. The molecule has 0 saturated carbocycles. The Morgan fingerprint density at radius 1 is 1.06 bits per heavy atom. The van der Waals surface area contributed by atoms with Gasteiger partial charge in [-0.25, -0.2) is 8.42 Å². The molecule has 166 valence electrons. The lowest BCUT2D eigenvalue weighted by molar-refractivity contribution is -0.122. The van der Waals surface area contributed by atoms with Crippen molar-refractivity contribution in [2.45, 2.75) is 18.2 Å². The van der Waals surface area contributed by atoms with Crippen molar-refractivity contribution in [3.05, 3.63) is 59.7 Å². The van der Waals surface area contributed by atoms with E-state index in [2.05, 4.69) is 10.9 Å². The van der Waals surface area contributed by atoms with Crippen LogP contribution in [0.15, 0.2) is 53.4 Å². The van der Waals surface area contributed by atoms with Gasteiger partial charge < -0.3 is 9.47 Å². The number of carbonyl (C=O) groups excluding carboxylic acids is 2. The maximum Gasteiger partial charge on any atom is 0.269 e. The van der Waals surface area contributed by atoms with Crippen LogP contribution in [0.2, 0.25) is 0 Å². The van der Waals surface area contributed by atoms with Gasteiger partial charge in [-0.2, -0.15) is 4.31 Å². The molecule has 3 rings (SSSR count). The fourth-order valence-electron chi connectivity index (χ4n) is 2.96. The Bertz CT molecular complexity index is 1030. The fraction of sp³-hybridized carbons (Fsp3) is 0.333. The van der Waals surface area contributed by atoms with E-state index in [1.54, 1.807) is 6.07 Å². The monoisotopic (exact) mass is 447 g/mol. The minimum Gasteiger partial charge on any atom is -0.493 e. The summed E-state index contributed by atoms with van der Waals surface area (Å²) >= 11 is 0. The van der Waals surface area contributed by atoms with E-state index >= 15 is 0 Å². The third kappa shape index (κ3) is 6.27. The van der Waals surface area contributed by atoms with E-state index in [1.807, 2.05) is 25.1 Å². The second-order valence-corrected chi connectivity index (χ2v) is 8.90. The number of nitrogens with zero attached hydrogens (tertiary/aromatic N) is 1. The second-order valence-electron chi connectivity index (χ2n) is 6.96. The summed E-state index contributed by atoms with van der Waals surface area (Å²) in [5.41, 5.74) is 5.76. The van der Waals surface area contributed by atoms with Crippen molar-refractivity contribution in [2.24, 2.45) is 0 Å². The first kappa shape index (κ1) is 22.7. The van der Waals surface area contributed by atoms with Crippen LogP contribution in [0.25, 0.3) is 0 Å². The highest BCUT2D eigenvalue weighted by Gasteiger charge is 2.26. The van der Waals surface area contributed by atoms with Crippen molar-refractivity contribution >= 4 is 21.8 Å². The first-order valence-corrected chi connectivity index (χ1v) is 11.3. The van der Waals surface area contributed by atoms with E-state index in [0.29, 0.717) is 19.0 Å². The molecule has 1 aliphatic heterocycles. The minimum atomic E-state index is -3.72. The summed E-state index contributed by atoms with van der Waals surface area (Å²) < 4.78 is 37.5. The van der Waals surface area contributed by atoms with Crippen LogP contribution in [0.3, 0.4) is 0 Å². The molecule has 1 heterocycles. The average Bonchev–Trinajstić information content (AvgIpc) is 2.78. The zero-order valence-electron chi connectivity index (χ0n) is 17.2. The van der Waals surface area contributed by atoms with Gasteiger partial charge in [0, 0.05) is 18.7 Å². The quantitative estimate of drug-likeness (QED) is 0.618. The van der Waals surface area contributed by atoms with E-state index in [4.69, 9.17) is 9.47 Å². The van der Waals surface area contributed by atoms with Gasteiger partial charge in [0.05, 0.1) is 31.1 Å². The van der Waals surface area contributed by atoms with Gasteiger partial charge in [0.2, 0.25) is 15.9 Å². The summed E-state index contributed by atoms with van der Waals surface area (Å²) in [6.45, 7) is 3.28. The van der Waals surface area contributed by atoms with Crippen molar-refractivity contribution in [2.75, 3.05) is 32.9 Å². The summed E-state index contributed by atoms with van der Waals surface area (Å²) in [7, 11) is -3.72. The lowest BCUT2D eigenvalue weighted by Crippen LogP contribution is -2.42. The predicted molar refractivity (Wildman–Crippen MR) is 113 cm³/mol. The van der Waals surface area contributed by atoms with Gasteiger partial charge in [0.25, 0.3) is 5.91 Å². The molecule has 1 fully saturated rings. The Morgan fingerprint density at radius 3 is 2.55 bits per heavy atom. The zero-order chi connectivity index (χ0) is 22.3. The lowest BCUT2D eigenvalue weighted by Gasteiger charge is -2.26. The van der Waals surface area contributed by atoms with Gasteiger partial charge in [-0.05, 0) is 42.8 Å². The molecule has 2 aromatic rings. The fourth-order valence-corrected chi connectivity index (χ4v) is 4.42. The molecule has 0 aromatic heterocycles. The molecule has 31 heavy (non-hydrogen) atoms. The Balaban J connectivity index is 1.51. The van der Waals surface area contributed by atoms with Crippen molar-refractivity contribution in [1.82, 2.24) is 15.2 Å². The van der Waals surface area contributed by atoms with Gasteiger partial charge in [-0.15, -0.1) is 0 Å². The summed E-state index contributed by atoms with van der Waals surface area (Å²) in [5.74, 6) is -0.389. The number of hydrogen-bond acceptors (Lipinski definition) is 6. The number of ether oxygens (including phenoxy) is 2. The van der Waals surface area contributed by atoms with Crippen LogP contribution in [0.1, 0.15) is 22.3 Å². The summed E-state index contributed by atoms with van der Waals surface area (Å²) in [6.07, 6.45) is 0.0413. The van der Waals surface area contributed by atoms with E-state index in [1.165, 1.54) is 28.6 Å². The first-order valence-electron chi connectivity index (χ1n) is 9.83. The number of benzene rings is 2. The molecule has 0 atom stereocenters. The molecule has 9 nitrogen and oxygen atoms in total. The molecule has 1 aliphatic rings. The smallest absolute Gasteiger partial charge is 0.269 e. The second kappa shape index (κ2) is 10.4. The molecule has 2 N–H and O–H groups in total. The number of hydrazine groups is 1. The normalized spacial score (nSPS) is 14.6. The van der Waals surface area contributed by atoms with Crippen molar-refractivity contribution in [3.8, 4) is 5.75 Å². The Labute approximate surface area is 181 Å². The van der Waals surface area contributed by atoms with Gasteiger partial charge in [0.15, 0.2) is 0 Å². The number of amides is 2. The summed E-state index contributed by atoms with van der Waals surface area (Å²) in [4.78, 5) is 24.3. The molecule has 2 aromatic carbocycles. The van der Waals surface area contributed by atoms with E-state index in [9.17, 15) is 18.0 Å². The number of aryl methyl sites for hydroxylation is 1. The molecule has 0 bridgehead atoms. The number of morpholine rings is 1. The standard InChI is InChI=1S/C21H25N3O6S/c1-16-4-2-6-18(14-16)30-11-8-20(25)22-23-21(26)17-5-3-7-19(15-17)31(27,28)24-9-12-29-13-10-24/h2-7,14-15H,8-13H2,1H3,(H,22,25)(H,23,26). The van der Waals surface area contributed by atoms with Crippen LogP contribution in [-0.2, 0) is 19.6 Å². The molecule has 0 unspecified atom stereocenters. The van der Waals surface area contributed by atoms with Gasteiger partial charge in [0.1, 0.15) is 5.75 Å². The highest BCUT2D eigenvalue weighted by Crippen LogP contribution is 2.18. The van der Waals surface area contributed by atoms with E-state index in [0.717, 1.165) is 5.56 Å². The minimum absolute atomic E-state index is 0.0138. The van der Waals surface area contributed by atoms with E-state index < -0.39 is 21.8 Å². The summed E-state index contributed by atoms with van der Waals surface area (Å²) in [6, 6.07) is 13.1. The highest BCUT2D eigenvalue weighted by atomic mass is 32.2. The SMILES string of the molecule is Cc1cccc(OCCC(=O)NNC(=O)c2cccc(S(=O)(=O)N3CCOCC3)c2)c1. The van der Waals surface area contributed by atoms with Crippen LogP contribution in [-0.4, -0.2) is 57.4 Å². The zero-order valence-corrected chi connectivity index (χ0v) is 18.0. The van der Waals surface area contributed by atoms with Crippen LogP contribution >= 0.6 is 0 Å². The number of rotatable bonds is 7. The number of hydrogen-bond donors (Lipinski definition) is 2. The van der Waals surface area contributed by atoms with Gasteiger partial charge in [-0.1, -0.05) is 18.2 Å². The Hall–Kier alpha value is -2.95. The topological polar surface area (TPSA) is 114 Å². The molecular formula is C21H25N3O6S. The third-order valence-electron chi connectivity index (χ3n) is 4.61. The third-order valence-corrected chi connectivity index (χ3v) is 6.50. The first-order chi connectivity index (χ1) is 14.9. The van der Waals surface area contributed by atoms with Gasteiger partial charge in [-0.3, -0.25) is 20.4 Å². The molecular weight excluding hydrogens is 422 g/mol. The van der Waals surface area contributed by atoms with Crippen LogP contribution in [0, 0.1) is 6.92 Å². The predicted octanol–water partition coefficient (Wildman–Crippen LogP) is 1.25. The lowest BCUT2D eigenvalue weighted by atomic mass is 10.2. The van der Waals surface area contributed by atoms with Crippen molar-refractivity contribution in [3.63, 3.8) is 0 Å². The van der Waals surface area contributed by atoms with Crippen LogP contribution in [0.4, 0.5) is 0 Å². The Morgan fingerprint density at radius 2 is 1.81 bits per heavy atom. The maximum atomic E-state index is 12.7. The molecule has 10 heteroatoms. The molecule has 1 saturated heterocycles. The molecule has 2 amide bonds. The van der Waals surface area contributed by atoms with Crippen LogP contribution < -0.4 is 15.6 Å². The average molecular weight is 448 g/mol. The highest BCUT2D eigenvalue weighted by molar-refractivity contribution is 7.89. The number of carbonyl (C=O) groups is 2. The number of nitrogens with one attached hydrogen (secondary N) is 2. The summed E-state index contributed by atoms with van der Waals surface area (Å²) in [5, 5.41) is 0. The number of sulfonamides is 1. The molecule has 0 radical (unpaired) electrons. The van der Waals surface area contributed by atoms with Crippen molar-refractivity contribution in [1.29, 1.82) is 0 Å². The molecule has 0 spiro atoms. The van der Waals surface area contributed by atoms with Crippen molar-refractivity contribution < 1.29 is 27.5 Å². The van der Waals surface area contributed by atoms with E-state index in [-0.39, 0.29) is 36.6 Å². The van der Waals surface area contributed by atoms with Gasteiger partial charge >= 0.3 is 0 Å². The maximum absolute atomic E-state index is 12.7.